The van der Waals surface area contributed by atoms with E-state index in [1.54, 1.807) is 0 Å². The summed E-state index contributed by atoms with van der Waals surface area (Å²) in [5.41, 5.74) is 6.25. The fourth-order valence-corrected chi connectivity index (χ4v) is 3.09. The Balaban J connectivity index is 2.67. The number of hydrogen-bond acceptors (Lipinski definition) is 3. The van der Waals surface area contributed by atoms with Crippen LogP contribution in [0.25, 0.3) is 0 Å². The van der Waals surface area contributed by atoms with E-state index in [4.69, 9.17) is 5.73 Å². The lowest BCUT2D eigenvalue weighted by atomic mass is 9.81. The van der Waals surface area contributed by atoms with E-state index in [1.807, 2.05) is 11.3 Å². The minimum absolute atomic E-state index is 0.278. The Bertz CT molecular complexity index is 296. The second kappa shape index (κ2) is 6.53. The van der Waals surface area contributed by atoms with Gasteiger partial charge in [0.05, 0.1) is 0 Å². The molecular weight excluding hydrogens is 228 g/mol. The Morgan fingerprint density at radius 2 is 2.06 bits per heavy atom. The van der Waals surface area contributed by atoms with E-state index in [0.717, 1.165) is 25.9 Å². The van der Waals surface area contributed by atoms with E-state index in [1.165, 1.54) is 4.88 Å². The average Bonchev–Trinajstić information content (AvgIpc) is 2.88. The van der Waals surface area contributed by atoms with Crippen LogP contribution in [0.2, 0.25) is 0 Å². The van der Waals surface area contributed by atoms with Gasteiger partial charge in [0, 0.05) is 17.5 Å². The molecule has 0 aliphatic carbocycles. The minimum atomic E-state index is 0.278. The van der Waals surface area contributed by atoms with Crippen molar-refractivity contribution in [3.05, 3.63) is 22.4 Å². The smallest absolute Gasteiger partial charge is 0.0410 e. The zero-order valence-electron chi connectivity index (χ0n) is 11.6. The predicted octanol–water partition coefficient (Wildman–Crippen LogP) is 3.51. The van der Waals surface area contributed by atoms with Gasteiger partial charge in [-0.1, -0.05) is 19.9 Å². The summed E-state index contributed by atoms with van der Waals surface area (Å²) in [5, 5.41) is 2.15. The predicted molar refractivity (Wildman–Crippen MR) is 77.4 cm³/mol. The summed E-state index contributed by atoms with van der Waals surface area (Å²) in [5.74, 6) is 0. The maximum Gasteiger partial charge on any atom is 0.0410 e. The molecule has 1 rings (SSSR count). The SMILES string of the molecule is CCC(CC)(CN)CN(C)C(C)c1cccs1. The van der Waals surface area contributed by atoms with Crippen LogP contribution in [0, 0.1) is 5.41 Å². The third-order valence-electron chi connectivity index (χ3n) is 4.13. The van der Waals surface area contributed by atoms with E-state index >= 15 is 0 Å². The lowest BCUT2D eigenvalue weighted by Gasteiger charge is -2.37. The molecule has 0 bridgehead atoms. The van der Waals surface area contributed by atoms with Gasteiger partial charge in [-0.3, -0.25) is 4.90 Å². The highest BCUT2D eigenvalue weighted by Gasteiger charge is 2.28. The fraction of sp³-hybridized carbons (Fsp3) is 0.714. The molecule has 98 valence electrons. The topological polar surface area (TPSA) is 29.3 Å². The Morgan fingerprint density at radius 1 is 1.41 bits per heavy atom. The number of nitrogens with two attached hydrogens (primary N) is 1. The lowest BCUT2D eigenvalue weighted by Crippen LogP contribution is -2.41. The fourth-order valence-electron chi connectivity index (χ4n) is 2.24. The number of hydrogen-bond donors (Lipinski definition) is 1. The molecule has 0 saturated carbocycles. The molecule has 3 heteroatoms. The van der Waals surface area contributed by atoms with Gasteiger partial charge in [-0.05, 0) is 50.2 Å². The van der Waals surface area contributed by atoms with Crippen molar-refractivity contribution in [3.8, 4) is 0 Å². The van der Waals surface area contributed by atoms with Crippen molar-refractivity contribution in [2.45, 2.75) is 39.7 Å². The van der Waals surface area contributed by atoms with Crippen molar-refractivity contribution < 1.29 is 0 Å². The molecular formula is C14H26N2S. The summed E-state index contributed by atoms with van der Waals surface area (Å²) in [4.78, 5) is 3.87. The molecule has 0 amide bonds. The third-order valence-corrected chi connectivity index (χ3v) is 5.18. The molecule has 0 saturated heterocycles. The van der Waals surface area contributed by atoms with Crippen molar-refractivity contribution in [2.75, 3.05) is 20.1 Å². The Labute approximate surface area is 110 Å². The molecule has 1 atom stereocenters. The molecule has 2 N–H and O–H groups in total. The second-order valence-corrected chi connectivity index (χ2v) is 6.00. The van der Waals surface area contributed by atoms with Gasteiger partial charge in [-0.15, -0.1) is 11.3 Å². The highest BCUT2D eigenvalue weighted by atomic mass is 32.1. The summed E-state index contributed by atoms with van der Waals surface area (Å²) in [6.45, 7) is 8.63. The van der Waals surface area contributed by atoms with Gasteiger partial charge in [-0.25, -0.2) is 0 Å². The normalized spacial score (nSPS) is 14.2. The van der Waals surface area contributed by atoms with E-state index in [0.29, 0.717) is 6.04 Å². The van der Waals surface area contributed by atoms with Crippen molar-refractivity contribution in [1.29, 1.82) is 0 Å². The number of thiophene rings is 1. The number of rotatable bonds is 7. The van der Waals surface area contributed by atoms with Crippen molar-refractivity contribution in [3.63, 3.8) is 0 Å². The van der Waals surface area contributed by atoms with Gasteiger partial charge in [0.15, 0.2) is 0 Å². The van der Waals surface area contributed by atoms with Crippen LogP contribution in [-0.4, -0.2) is 25.0 Å². The van der Waals surface area contributed by atoms with Crippen molar-refractivity contribution >= 4 is 11.3 Å². The second-order valence-electron chi connectivity index (χ2n) is 5.02. The molecule has 0 aliphatic rings. The first-order valence-electron chi connectivity index (χ1n) is 6.52. The molecule has 1 aromatic rings. The zero-order valence-corrected chi connectivity index (χ0v) is 12.4. The molecule has 0 aliphatic heterocycles. The Hall–Kier alpha value is -0.380. The molecule has 1 heterocycles. The molecule has 1 unspecified atom stereocenters. The third kappa shape index (κ3) is 3.54. The molecule has 0 fully saturated rings. The van der Waals surface area contributed by atoms with Gasteiger partial charge in [-0.2, -0.15) is 0 Å². The van der Waals surface area contributed by atoms with E-state index in [2.05, 4.69) is 50.2 Å². The Kier molecular flexibility index (Phi) is 5.63. The van der Waals surface area contributed by atoms with Crippen molar-refractivity contribution in [2.24, 2.45) is 11.1 Å². The summed E-state index contributed by atoms with van der Waals surface area (Å²) >= 11 is 1.84. The first-order valence-corrected chi connectivity index (χ1v) is 7.40. The van der Waals surface area contributed by atoms with Crippen LogP contribution >= 0.6 is 11.3 Å². The molecule has 0 aromatic carbocycles. The van der Waals surface area contributed by atoms with Crippen LogP contribution in [0.1, 0.15) is 44.5 Å². The maximum absolute atomic E-state index is 5.97. The molecule has 1 aromatic heterocycles. The largest absolute Gasteiger partial charge is 0.330 e. The summed E-state index contributed by atoms with van der Waals surface area (Å²) < 4.78 is 0. The van der Waals surface area contributed by atoms with Gasteiger partial charge in [0.2, 0.25) is 0 Å². The molecule has 17 heavy (non-hydrogen) atoms. The summed E-state index contributed by atoms with van der Waals surface area (Å²) in [6, 6.07) is 4.83. The van der Waals surface area contributed by atoms with Crippen LogP contribution in [-0.2, 0) is 0 Å². The molecule has 0 spiro atoms. The Morgan fingerprint density at radius 3 is 2.47 bits per heavy atom. The van der Waals surface area contributed by atoms with Crippen molar-refractivity contribution in [1.82, 2.24) is 4.90 Å². The van der Waals surface area contributed by atoms with E-state index < -0.39 is 0 Å². The first-order chi connectivity index (χ1) is 8.08. The standard InChI is InChI=1S/C14H26N2S/c1-5-14(6-2,10-15)11-16(4)12(3)13-8-7-9-17-13/h7-9,12H,5-6,10-11,15H2,1-4H3. The van der Waals surface area contributed by atoms with E-state index in [-0.39, 0.29) is 5.41 Å². The van der Waals surface area contributed by atoms with Gasteiger partial charge in [0.25, 0.3) is 0 Å². The summed E-state index contributed by atoms with van der Waals surface area (Å²) in [7, 11) is 2.21. The lowest BCUT2D eigenvalue weighted by molar-refractivity contribution is 0.138. The molecule has 0 radical (unpaired) electrons. The van der Waals surface area contributed by atoms with Gasteiger partial charge < -0.3 is 5.73 Å². The molecule has 2 nitrogen and oxygen atoms in total. The van der Waals surface area contributed by atoms with Crippen LogP contribution < -0.4 is 5.73 Å². The number of nitrogens with zero attached hydrogens (tertiary/aromatic N) is 1. The summed E-state index contributed by atoms with van der Waals surface area (Å²) in [6.07, 6.45) is 2.31. The van der Waals surface area contributed by atoms with Crippen LogP contribution in [0.15, 0.2) is 17.5 Å². The quantitative estimate of drug-likeness (QED) is 0.807. The highest BCUT2D eigenvalue weighted by Crippen LogP contribution is 2.30. The van der Waals surface area contributed by atoms with Gasteiger partial charge >= 0.3 is 0 Å². The van der Waals surface area contributed by atoms with Crippen LogP contribution in [0.4, 0.5) is 0 Å². The highest BCUT2D eigenvalue weighted by molar-refractivity contribution is 7.10. The minimum Gasteiger partial charge on any atom is -0.330 e. The monoisotopic (exact) mass is 254 g/mol. The average molecular weight is 254 g/mol. The van der Waals surface area contributed by atoms with Crippen LogP contribution in [0.5, 0.6) is 0 Å². The van der Waals surface area contributed by atoms with E-state index in [9.17, 15) is 0 Å². The maximum atomic E-state index is 5.97. The van der Waals surface area contributed by atoms with Crippen LogP contribution in [0.3, 0.4) is 0 Å². The van der Waals surface area contributed by atoms with Gasteiger partial charge in [0.1, 0.15) is 0 Å². The zero-order chi connectivity index (χ0) is 12.9. The first kappa shape index (κ1) is 14.7.